The number of methoxy groups -OCH3 is 2. The Morgan fingerprint density at radius 1 is 0.973 bits per heavy atom. The molecule has 0 spiro atoms. The van der Waals surface area contributed by atoms with Crippen LogP contribution in [0.15, 0.2) is 72.3 Å². The predicted octanol–water partition coefficient (Wildman–Crippen LogP) is 5.59. The fourth-order valence-corrected chi connectivity index (χ4v) is 4.29. The van der Waals surface area contributed by atoms with Crippen LogP contribution in [0.1, 0.15) is 57.7 Å². The largest absolute Gasteiger partial charge is 0.497 e. The number of amides is 2. The van der Waals surface area contributed by atoms with Gasteiger partial charge in [-0.2, -0.15) is 0 Å². The number of carbonyl (C=O) groups is 3. The summed E-state index contributed by atoms with van der Waals surface area (Å²) in [4.78, 5) is 39.7. The molecule has 7 nitrogen and oxygen atoms in total. The van der Waals surface area contributed by atoms with E-state index in [1.54, 1.807) is 58.5 Å². The average Bonchev–Trinajstić information content (AvgIpc) is 2.91. The Labute approximate surface area is 220 Å². The smallest absolute Gasteiger partial charge is 0.254 e. The predicted molar refractivity (Wildman–Crippen MR) is 146 cm³/mol. The molecule has 2 aromatic carbocycles. The maximum Gasteiger partial charge on any atom is 0.254 e. The van der Waals surface area contributed by atoms with Crippen LogP contribution in [-0.4, -0.2) is 43.8 Å². The number of anilines is 1. The van der Waals surface area contributed by atoms with Crippen LogP contribution in [0.4, 0.5) is 5.69 Å². The SMILES string of the molecule is C/C=C(\C=C/C(C)=O)C(=O)N(C)C(C(=O)Nc1ccc(C(CC)(CC)OC)cc1)c1ccc(OC)cc1. The molecule has 0 heterocycles. The lowest BCUT2D eigenvalue weighted by Crippen LogP contribution is -2.39. The minimum atomic E-state index is -0.928. The summed E-state index contributed by atoms with van der Waals surface area (Å²) < 4.78 is 11.1. The molecule has 0 saturated carbocycles. The monoisotopic (exact) mass is 506 g/mol. The minimum Gasteiger partial charge on any atom is -0.497 e. The van der Waals surface area contributed by atoms with Crippen molar-refractivity contribution in [2.24, 2.45) is 0 Å². The molecule has 0 aromatic heterocycles. The van der Waals surface area contributed by atoms with Gasteiger partial charge in [-0.1, -0.05) is 44.2 Å². The number of hydrogen-bond donors (Lipinski definition) is 1. The van der Waals surface area contributed by atoms with E-state index in [0.29, 0.717) is 22.6 Å². The molecule has 0 bridgehead atoms. The Hall–Kier alpha value is -3.71. The fraction of sp³-hybridized carbons (Fsp3) is 0.367. The highest BCUT2D eigenvalue weighted by Crippen LogP contribution is 2.33. The quantitative estimate of drug-likeness (QED) is 0.300. The zero-order valence-electron chi connectivity index (χ0n) is 22.8. The van der Waals surface area contributed by atoms with Crippen LogP contribution in [0.5, 0.6) is 5.75 Å². The lowest BCUT2D eigenvalue weighted by molar-refractivity contribution is -0.134. The van der Waals surface area contributed by atoms with Crippen molar-refractivity contribution >= 4 is 23.3 Å². The summed E-state index contributed by atoms with van der Waals surface area (Å²) in [6.07, 6.45) is 6.06. The van der Waals surface area contributed by atoms with Gasteiger partial charge < -0.3 is 19.7 Å². The van der Waals surface area contributed by atoms with Gasteiger partial charge in [-0.25, -0.2) is 0 Å². The zero-order chi connectivity index (χ0) is 27.6. The summed E-state index contributed by atoms with van der Waals surface area (Å²) in [5, 5.41) is 2.95. The number of nitrogens with zero attached hydrogens (tertiary/aromatic N) is 1. The Morgan fingerprint density at radius 2 is 1.57 bits per heavy atom. The van der Waals surface area contributed by atoms with Crippen molar-refractivity contribution in [3.63, 3.8) is 0 Å². The molecule has 0 saturated heterocycles. The van der Waals surface area contributed by atoms with Crippen LogP contribution in [0.2, 0.25) is 0 Å². The Balaban J connectivity index is 2.40. The fourth-order valence-electron chi connectivity index (χ4n) is 4.29. The highest BCUT2D eigenvalue weighted by atomic mass is 16.5. The van der Waals surface area contributed by atoms with Crippen molar-refractivity contribution in [2.75, 3.05) is 26.6 Å². The van der Waals surface area contributed by atoms with Gasteiger partial charge in [0.15, 0.2) is 5.78 Å². The Kier molecular flexibility index (Phi) is 10.8. The number of ether oxygens (including phenoxy) is 2. The Bertz CT molecular complexity index is 1120. The molecule has 1 N–H and O–H groups in total. The summed E-state index contributed by atoms with van der Waals surface area (Å²) >= 11 is 0. The second-order valence-corrected chi connectivity index (χ2v) is 8.75. The van der Waals surface area contributed by atoms with Crippen LogP contribution in [0.3, 0.4) is 0 Å². The number of nitrogens with one attached hydrogen (secondary N) is 1. The number of ketones is 1. The minimum absolute atomic E-state index is 0.175. The standard InChI is InChI=1S/C30H38N2O5/c1-8-22(12-11-21(4)33)29(35)32(5)27(23-13-19-26(36-6)20-14-23)28(34)31-25-17-15-24(16-18-25)30(9-2,10-3)37-7/h8,11-20,27H,9-10H2,1-7H3,(H,31,34)/b12-11-,22-8+. The van der Waals surface area contributed by atoms with Crippen LogP contribution in [0, 0.1) is 0 Å². The highest BCUT2D eigenvalue weighted by Gasteiger charge is 2.31. The van der Waals surface area contributed by atoms with Crippen LogP contribution in [-0.2, 0) is 24.7 Å². The van der Waals surface area contributed by atoms with Gasteiger partial charge in [0.05, 0.1) is 12.7 Å². The molecule has 0 aliphatic heterocycles. The van der Waals surface area contributed by atoms with Gasteiger partial charge >= 0.3 is 0 Å². The van der Waals surface area contributed by atoms with E-state index in [2.05, 4.69) is 19.2 Å². The third kappa shape index (κ3) is 7.17. The first-order chi connectivity index (χ1) is 17.7. The molecule has 7 heteroatoms. The van der Waals surface area contributed by atoms with Crippen molar-refractivity contribution < 1.29 is 23.9 Å². The molecule has 1 atom stereocenters. The number of rotatable bonds is 12. The summed E-state index contributed by atoms with van der Waals surface area (Å²) in [5.41, 5.74) is 2.19. The highest BCUT2D eigenvalue weighted by molar-refractivity contribution is 6.03. The maximum atomic E-state index is 13.6. The zero-order valence-corrected chi connectivity index (χ0v) is 22.8. The number of carbonyl (C=O) groups excluding carboxylic acids is 3. The molecule has 1 unspecified atom stereocenters. The van der Waals surface area contributed by atoms with Crippen molar-refractivity contribution in [2.45, 2.75) is 52.2 Å². The number of hydrogen-bond acceptors (Lipinski definition) is 5. The first-order valence-corrected chi connectivity index (χ1v) is 12.4. The molecule has 198 valence electrons. The molecule has 0 aliphatic rings. The molecular formula is C30H38N2O5. The summed E-state index contributed by atoms with van der Waals surface area (Å²) in [6.45, 7) is 7.29. The van der Waals surface area contributed by atoms with Crippen molar-refractivity contribution in [1.82, 2.24) is 4.90 Å². The summed E-state index contributed by atoms with van der Waals surface area (Å²) in [7, 11) is 4.84. The van der Waals surface area contributed by atoms with Crippen molar-refractivity contribution in [3.05, 3.63) is 83.5 Å². The van der Waals surface area contributed by atoms with Gasteiger partial charge in [-0.05, 0) is 74.2 Å². The first-order valence-electron chi connectivity index (χ1n) is 12.4. The third-order valence-electron chi connectivity index (χ3n) is 6.65. The van der Waals surface area contributed by atoms with E-state index in [1.807, 2.05) is 24.3 Å². The van der Waals surface area contributed by atoms with Crippen molar-refractivity contribution in [3.8, 4) is 5.75 Å². The summed E-state index contributed by atoms with van der Waals surface area (Å²) in [6, 6.07) is 13.7. The topological polar surface area (TPSA) is 84.9 Å². The van der Waals surface area contributed by atoms with Gasteiger partial charge in [-0.3, -0.25) is 14.4 Å². The molecular weight excluding hydrogens is 468 g/mol. The van der Waals surface area contributed by atoms with E-state index >= 15 is 0 Å². The van der Waals surface area contributed by atoms with Crippen molar-refractivity contribution in [1.29, 1.82) is 0 Å². The normalized spacial score (nSPS) is 12.8. The molecule has 0 radical (unpaired) electrons. The second-order valence-electron chi connectivity index (χ2n) is 8.75. The second kappa shape index (κ2) is 13.6. The lowest BCUT2D eigenvalue weighted by Gasteiger charge is -2.31. The molecule has 2 rings (SSSR count). The average molecular weight is 507 g/mol. The number of allylic oxidation sites excluding steroid dienone is 2. The van der Waals surface area contributed by atoms with Crippen LogP contribution in [0.25, 0.3) is 0 Å². The first kappa shape index (κ1) is 29.5. The van der Waals surface area contributed by atoms with E-state index in [1.165, 1.54) is 24.0 Å². The van der Waals surface area contributed by atoms with E-state index in [4.69, 9.17) is 9.47 Å². The molecule has 37 heavy (non-hydrogen) atoms. The lowest BCUT2D eigenvalue weighted by atomic mass is 9.88. The molecule has 0 aliphatic carbocycles. The van der Waals surface area contributed by atoms with Crippen LogP contribution < -0.4 is 10.1 Å². The van der Waals surface area contributed by atoms with Gasteiger partial charge in [0.2, 0.25) is 0 Å². The van der Waals surface area contributed by atoms with Crippen LogP contribution >= 0.6 is 0 Å². The molecule has 2 aromatic rings. The number of benzene rings is 2. The number of likely N-dealkylation sites (N-methyl/N-ethyl adjacent to an activating group) is 1. The summed E-state index contributed by atoms with van der Waals surface area (Å²) in [5.74, 6) is -0.295. The van der Waals surface area contributed by atoms with Gasteiger partial charge in [-0.15, -0.1) is 0 Å². The van der Waals surface area contributed by atoms with E-state index in [-0.39, 0.29) is 23.2 Å². The maximum absolute atomic E-state index is 13.6. The van der Waals surface area contributed by atoms with Gasteiger partial charge in [0, 0.05) is 25.4 Å². The van der Waals surface area contributed by atoms with E-state index < -0.39 is 6.04 Å². The van der Waals surface area contributed by atoms with Gasteiger partial charge in [0.25, 0.3) is 11.8 Å². The van der Waals surface area contributed by atoms with E-state index in [0.717, 1.165) is 18.4 Å². The Morgan fingerprint density at radius 3 is 2.03 bits per heavy atom. The molecule has 2 amide bonds. The molecule has 0 fully saturated rings. The third-order valence-corrected chi connectivity index (χ3v) is 6.65. The van der Waals surface area contributed by atoms with E-state index in [9.17, 15) is 14.4 Å². The van der Waals surface area contributed by atoms with Gasteiger partial charge in [0.1, 0.15) is 11.8 Å².